The summed E-state index contributed by atoms with van der Waals surface area (Å²) in [6.45, 7) is 2.25. The van der Waals surface area contributed by atoms with Crippen LogP contribution in [0.4, 0.5) is 0 Å². The zero-order valence-electron chi connectivity index (χ0n) is 9.75. The third-order valence-corrected chi connectivity index (χ3v) is 2.34. The van der Waals surface area contributed by atoms with Gasteiger partial charge in [-0.15, -0.1) is 0 Å². The van der Waals surface area contributed by atoms with E-state index in [1.165, 1.54) is 0 Å². The summed E-state index contributed by atoms with van der Waals surface area (Å²) in [5.74, 6) is 0.467. The van der Waals surface area contributed by atoms with E-state index in [-0.39, 0.29) is 5.91 Å². The van der Waals surface area contributed by atoms with Crippen molar-refractivity contribution in [1.82, 2.24) is 15.0 Å². The fourth-order valence-electron chi connectivity index (χ4n) is 1.50. The molecule has 0 unspecified atom stereocenters. The molecule has 0 spiro atoms. The molecule has 17 heavy (non-hydrogen) atoms. The van der Waals surface area contributed by atoms with E-state index < -0.39 is 0 Å². The lowest BCUT2D eigenvalue weighted by Crippen LogP contribution is -2.26. The first kappa shape index (κ1) is 11.3. The van der Waals surface area contributed by atoms with E-state index >= 15 is 0 Å². The number of carbonyl (C=O) groups is 1. The number of carbonyl (C=O) groups excluding carboxylic acids is 1. The molecular weight excluding hydrogens is 218 g/mol. The molecule has 2 rings (SSSR count). The van der Waals surface area contributed by atoms with Crippen molar-refractivity contribution in [2.75, 3.05) is 7.05 Å². The standard InChI is InChI=1S/C12H13N3O2/c1-9-6-11(14-17-9)12(16)15(2)8-10-4-3-5-13-7-10/h3-7H,8H2,1-2H3. The molecule has 0 aliphatic rings. The first-order valence-corrected chi connectivity index (χ1v) is 5.24. The average Bonchev–Trinajstić information content (AvgIpc) is 2.76. The molecule has 0 N–H and O–H groups in total. The summed E-state index contributed by atoms with van der Waals surface area (Å²) in [4.78, 5) is 17.5. The molecule has 88 valence electrons. The van der Waals surface area contributed by atoms with E-state index in [0.717, 1.165) is 5.56 Å². The highest BCUT2D eigenvalue weighted by atomic mass is 16.5. The first-order valence-electron chi connectivity index (χ1n) is 5.24. The van der Waals surface area contributed by atoms with E-state index in [1.807, 2.05) is 12.1 Å². The summed E-state index contributed by atoms with van der Waals surface area (Å²) in [7, 11) is 1.72. The topological polar surface area (TPSA) is 59.2 Å². The smallest absolute Gasteiger partial charge is 0.276 e. The third-order valence-electron chi connectivity index (χ3n) is 2.34. The van der Waals surface area contributed by atoms with Crippen LogP contribution >= 0.6 is 0 Å². The zero-order valence-corrected chi connectivity index (χ0v) is 9.75. The Morgan fingerprint density at radius 3 is 2.94 bits per heavy atom. The highest BCUT2D eigenvalue weighted by Crippen LogP contribution is 2.07. The van der Waals surface area contributed by atoms with Gasteiger partial charge in [0.1, 0.15) is 5.76 Å². The zero-order chi connectivity index (χ0) is 12.3. The summed E-state index contributed by atoms with van der Waals surface area (Å²) >= 11 is 0. The molecule has 0 aliphatic heterocycles. The fourth-order valence-corrected chi connectivity index (χ4v) is 1.50. The summed E-state index contributed by atoms with van der Waals surface area (Å²) < 4.78 is 4.88. The van der Waals surface area contributed by atoms with Gasteiger partial charge in [0.2, 0.25) is 0 Å². The minimum Gasteiger partial charge on any atom is -0.361 e. The number of pyridine rings is 1. The normalized spacial score (nSPS) is 10.2. The van der Waals surface area contributed by atoms with Gasteiger partial charge in [-0.1, -0.05) is 11.2 Å². The van der Waals surface area contributed by atoms with Crippen LogP contribution in [-0.2, 0) is 6.54 Å². The molecule has 0 atom stereocenters. The van der Waals surface area contributed by atoms with Crippen LogP contribution in [0.15, 0.2) is 35.1 Å². The Labute approximate surface area is 99.1 Å². The van der Waals surface area contributed by atoms with Crippen molar-refractivity contribution in [3.05, 3.63) is 47.6 Å². The van der Waals surface area contributed by atoms with E-state index in [9.17, 15) is 4.79 Å². The van der Waals surface area contributed by atoms with Crippen molar-refractivity contribution in [2.45, 2.75) is 13.5 Å². The molecule has 0 radical (unpaired) electrons. The van der Waals surface area contributed by atoms with Crippen molar-refractivity contribution in [3.8, 4) is 0 Å². The molecule has 5 nitrogen and oxygen atoms in total. The van der Waals surface area contributed by atoms with Crippen LogP contribution in [0.1, 0.15) is 21.8 Å². The Bertz CT molecular complexity index is 507. The maximum absolute atomic E-state index is 11.9. The number of hydrogen-bond donors (Lipinski definition) is 0. The van der Waals surface area contributed by atoms with Gasteiger partial charge in [0, 0.05) is 32.1 Å². The Morgan fingerprint density at radius 1 is 1.53 bits per heavy atom. The van der Waals surface area contributed by atoms with Crippen LogP contribution in [0.2, 0.25) is 0 Å². The molecule has 2 heterocycles. The van der Waals surface area contributed by atoms with Crippen LogP contribution in [0.3, 0.4) is 0 Å². The van der Waals surface area contributed by atoms with Crippen molar-refractivity contribution in [3.63, 3.8) is 0 Å². The second-order valence-electron chi connectivity index (χ2n) is 3.85. The molecule has 5 heteroatoms. The number of rotatable bonds is 3. The molecule has 0 aliphatic carbocycles. The lowest BCUT2D eigenvalue weighted by atomic mass is 10.2. The second-order valence-corrected chi connectivity index (χ2v) is 3.85. The molecule has 0 aromatic carbocycles. The van der Waals surface area contributed by atoms with E-state index in [4.69, 9.17) is 4.52 Å². The van der Waals surface area contributed by atoms with Crippen LogP contribution in [0, 0.1) is 6.92 Å². The molecule has 0 saturated heterocycles. The van der Waals surface area contributed by atoms with Crippen LogP contribution < -0.4 is 0 Å². The summed E-state index contributed by atoms with van der Waals surface area (Å²) in [6, 6.07) is 5.39. The molecule has 1 amide bonds. The van der Waals surface area contributed by atoms with Gasteiger partial charge in [0.15, 0.2) is 5.69 Å². The van der Waals surface area contributed by atoms with E-state index in [2.05, 4.69) is 10.1 Å². The Morgan fingerprint density at radius 2 is 2.35 bits per heavy atom. The minimum atomic E-state index is -0.161. The van der Waals surface area contributed by atoms with Gasteiger partial charge < -0.3 is 9.42 Å². The van der Waals surface area contributed by atoms with Gasteiger partial charge in [-0.2, -0.15) is 0 Å². The molecule has 0 bridgehead atoms. The number of aromatic nitrogens is 2. The monoisotopic (exact) mass is 231 g/mol. The Hall–Kier alpha value is -2.17. The quantitative estimate of drug-likeness (QED) is 0.805. The van der Waals surface area contributed by atoms with Gasteiger partial charge in [-0.05, 0) is 18.6 Å². The van der Waals surface area contributed by atoms with E-state index in [0.29, 0.717) is 18.0 Å². The minimum absolute atomic E-state index is 0.161. The van der Waals surface area contributed by atoms with Gasteiger partial charge >= 0.3 is 0 Å². The Balaban J connectivity index is 2.06. The van der Waals surface area contributed by atoms with Gasteiger partial charge in [-0.3, -0.25) is 9.78 Å². The number of hydrogen-bond acceptors (Lipinski definition) is 4. The van der Waals surface area contributed by atoms with Gasteiger partial charge in [0.05, 0.1) is 0 Å². The molecule has 0 saturated carbocycles. The maximum Gasteiger partial charge on any atom is 0.276 e. The van der Waals surface area contributed by atoms with Crippen LogP contribution in [0.25, 0.3) is 0 Å². The second kappa shape index (κ2) is 4.78. The van der Waals surface area contributed by atoms with Crippen molar-refractivity contribution in [1.29, 1.82) is 0 Å². The first-order chi connectivity index (χ1) is 8.16. The van der Waals surface area contributed by atoms with Gasteiger partial charge in [-0.25, -0.2) is 0 Å². The molecular formula is C12H13N3O2. The van der Waals surface area contributed by atoms with Crippen LogP contribution in [-0.4, -0.2) is 28.0 Å². The Kier molecular flexibility index (Phi) is 3.18. The van der Waals surface area contributed by atoms with Crippen LogP contribution in [0.5, 0.6) is 0 Å². The average molecular weight is 231 g/mol. The fraction of sp³-hybridized carbons (Fsp3) is 0.250. The van der Waals surface area contributed by atoms with Crippen molar-refractivity contribution in [2.24, 2.45) is 0 Å². The van der Waals surface area contributed by atoms with E-state index in [1.54, 1.807) is 37.3 Å². The summed E-state index contributed by atoms with van der Waals surface area (Å²) in [5, 5.41) is 3.70. The van der Waals surface area contributed by atoms with Crippen molar-refractivity contribution < 1.29 is 9.32 Å². The van der Waals surface area contributed by atoms with Gasteiger partial charge in [0.25, 0.3) is 5.91 Å². The summed E-state index contributed by atoms with van der Waals surface area (Å²) in [6.07, 6.45) is 3.43. The summed E-state index contributed by atoms with van der Waals surface area (Å²) in [5.41, 5.74) is 1.30. The third kappa shape index (κ3) is 2.69. The lowest BCUT2D eigenvalue weighted by molar-refractivity contribution is 0.0774. The molecule has 0 fully saturated rings. The predicted octanol–water partition coefficient (Wildman–Crippen LogP) is 1.65. The highest BCUT2D eigenvalue weighted by Gasteiger charge is 2.15. The lowest BCUT2D eigenvalue weighted by Gasteiger charge is -2.15. The number of aryl methyl sites for hydroxylation is 1. The maximum atomic E-state index is 11.9. The predicted molar refractivity (Wildman–Crippen MR) is 61.3 cm³/mol. The highest BCUT2D eigenvalue weighted by molar-refractivity contribution is 5.92. The SMILES string of the molecule is Cc1cc(C(=O)N(C)Cc2cccnc2)no1. The molecule has 2 aromatic rings. The largest absolute Gasteiger partial charge is 0.361 e. The van der Waals surface area contributed by atoms with Crippen molar-refractivity contribution >= 4 is 5.91 Å². The molecule has 2 aromatic heterocycles. The number of amides is 1. The number of nitrogens with zero attached hydrogens (tertiary/aromatic N) is 3.